The Morgan fingerprint density at radius 2 is 2.21 bits per heavy atom. The van der Waals surface area contributed by atoms with Crippen molar-refractivity contribution in [2.45, 2.75) is 25.8 Å². The van der Waals surface area contributed by atoms with Crippen LogP contribution < -0.4 is 0 Å². The molecule has 0 spiro atoms. The Balaban J connectivity index is 2.03. The molecule has 1 heterocycles. The summed E-state index contributed by atoms with van der Waals surface area (Å²) in [6.45, 7) is 0.800. The maximum atomic E-state index is 10.5. The van der Waals surface area contributed by atoms with Gasteiger partial charge in [0.25, 0.3) is 0 Å². The average Bonchev–Trinajstić information content (AvgIpc) is 2.83. The molecule has 1 aromatic heterocycles. The van der Waals surface area contributed by atoms with Crippen molar-refractivity contribution in [3.05, 3.63) is 40.2 Å². The maximum absolute atomic E-state index is 10.5. The largest absolute Gasteiger partial charge is 0.481 e. The molecule has 1 aromatic carbocycles. The van der Waals surface area contributed by atoms with Crippen molar-refractivity contribution in [1.82, 2.24) is 9.55 Å². The Labute approximate surface area is 125 Å². The molecule has 2 rings (SSSR count). The van der Waals surface area contributed by atoms with Crippen LogP contribution in [0.1, 0.15) is 19.3 Å². The number of halogens is 1. The van der Waals surface area contributed by atoms with E-state index in [1.54, 1.807) is 6.20 Å². The number of rotatable bonds is 6. The van der Waals surface area contributed by atoms with Crippen LogP contribution >= 0.6 is 22.6 Å². The summed E-state index contributed by atoms with van der Waals surface area (Å²) in [7, 11) is 0. The lowest BCUT2D eigenvalue weighted by atomic mass is 10.2. The van der Waals surface area contributed by atoms with E-state index in [1.807, 2.05) is 24.4 Å². The fourth-order valence-corrected chi connectivity index (χ4v) is 2.48. The minimum absolute atomic E-state index is 0.229. The first kappa shape index (κ1) is 14.0. The van der Waals surface area contributed by atoms with E-state index in [0.717, 1.165) is 24.4 Å². The summed E-state index contributed by atoms with van der Waals surface area (Å²) in [6.07, 6.45) is 5.49. The minimum atomic E-state index is -0.733. The van der Waals surface area contributed by atoms with Gasteiger partial charge in [-0.15, -0.1) is 0 Å². The van der Waals surface area contributed by atoms with Crippen LogP contribution in [0.2, 0.25) is 0 Å². The molecule has 0 atom stereocenters. The Morgan fingerprint density at radius 3 is 2.95 bits per heavy atom. The van der Waals surface area contributed by atoms with E-state index in [1.165, 1.54) is 3.57 Å². The first-order chi connectivity index (χ1) is 9.16. The van der Waals surface area contributed by atoms with E-state index in [9.17, 15) is 4.79 Å². The van der Waals surface area contributed by atoms with Gasteiger partial charge < -0.3 is 9.67 Å². The zero-order valence-corrected chi connectivity index (χ0v) is 12.6. The van der Waals surface area contributed by atoms with Gasteiger partial charge in [0.15, 0.2) is 0 Å². The monoisotopic (exact) mass is 370 g/mol. The molecule has 19 heavy (non-hydrogen) atoms. The minimum Gasteiger partial charge on any atom is -0.481 e. The third kappa shape index (κ3) is 4.05. The second-order valence-electron chi connectivity index (χ2n) is 4.31. The molecule has 0 aliphatic carbocycles. The quantitative estimate of drug-likeness (QED) is 0.626. The standard InChI is InChI=1S/C14H15IN2O2/c15-12-5-3-4-11(10-12)14-16-7-9-17(14)8-2-1-6-13(18)19/h3-5,7,9-10H,1-2,6,8H2,(H,18,19). The zero-order chi connectivity index (χ0) is 13.7. The van der Waals surface area contributed by atoms with Crippen LogP contribution in [0.3, 0.4) is 0 Å². The van der Waals surface area contributed by atoms with Crippen molar-refractivity contribution in [1.29, 1.82) is 0 Å². The molecule has 0 saturated carbocycles. The van der Waals surface area contributed by atoms with Gasteiger partial charge in [-0.3, -0.25) is 4.79 Å². The third-order valence-electron chi connectivity index (χ3n) is 2.84. The smallest absolute Gasteiger partial charge is 0.303 e. The third-order valence-corrected chi connectivity index (χ3v) is 3.51. The lowest BCUT2D eigenvalue weighted by Crippen LogP contribution is -2.01. The number of hydrogen-bond donors (Lipinski definition) is 1. The van der Waals surface area contributed by atoms with Crippen molar-refractivity contribution in [2.75, 3.05) is 0 Å². The summed E-state index contributed by atoms with van der Waals surface area (Å²) >= 11 is 2.28. The second-order valence-corrected chi connectivity index (χ2v) is 5.55. The number of carbonyl (C=O) groups is 1. The number of aromatic nitrogens is 2. The van der Waals surface area contributed by atoms with Crippen LogP contribution in [0.15, 0.2) is 36.7 Å². The normalized spacial score (nSPS) is 10.6. The van der Waals surface area contributed by atoms with Gasteiger partial charge in [-0.2, -0.15) is 0 Å². The Bertz CT molecular complexity index is 566. The fourth-order valence-electron chi connectivity index (χ4n) is 1.94. The molecule has 0 amide bonds. The van der Waals surface area contributed by atoms with E-state index < -0.39 is 5.97 Å². The first-order valence-electron chi connectivity index (χ1n) is 6.15. The highest BCUT2D eigenvalue weighted by Crippen LogP contribution is 2.20. The van der Waals surface area contributed by atoms with Gasteiger partial charge in [0.1, 0.15) is 5.82 Å². The predicted molar refractivity (Wildman–Crippen MR) is 81.9 cm³/mol. The molecule has 0 bridgehead atoms. The Hall–Kier alpha value is -1.37. The summed E-state index contributed by atoms with van der Waals surface area (Å²) in [4.78, 5) is 14.9. The van der Waals surface area contributed by atoms with Gasteiger partial charge in [-0.05, 0) is 47.6 Å². The molecule has 1 N–H and O–H groups in total. The average molecular weight is 370 g/mol. The second kappa shape index (κ2) is 6.70. The molecule has 0 aliphatic heterocycles. The van der Waals surface area contributed by atoms with Crippen molar-refractivity contribution in [3.63, 3.8) is 0 Å². The number of aryl methyl sites for hydroxylation is 1. The number of aliphatic carboxylic acids is 1. The molecule has 0 saturated heterocycles. The lowest BCUT2D eigenvalue weighted by Gasteiger charge is -2.07. The highest BCUT2D eigenvalue weighted by molar-refractivity contribution is 14.1. The Kier molecular flexibility index (Phi) is 4.95. The molecule has 0 unspecified atom stereocenters. The van der Waals surface area contributed by atoms with Crippen molar-refractivity contribution in [3.8, 4) is 11.4 Å². The van der Waals surface area contributed by atoms with Gasteiger partial charge in [0, 0.05) is 34.5 Å². The SMILES string of the molecule is O=C(O)CCCCn1ccnc1-c1cccc(I)c1. The van der Waals surface area contributed by atoms with E-state index in [0.29, 0.717) is 6.42 Å². The van der Waals surface area contributed by atoms with E-state index in [-0.39, 0.29) is 6.42 Å². The predicted octanol–water partition coefficient (Wildman–Crippen LogP) is 3.41. The molecule has 5 heteroatoms. The van der Waals surface area contributed by atoms with Crippen molar-refractivity contribution >= 4 is 28.6 Å². The molecular formula is C14H15IN2O2. The number of unbranched alkanes of at least 4 members (excludes halogenated alkanes) is 1. The summed E-state index contributed by atoms with van der Waals surface area (Å²) in [5, 5.41) is 8.61. The van der Waals surface area contributed by atoms with Crippen LogP contribution in [0.25, 0.3) is 11.4 Å². The van der Waals surface area contributed by atoms with Crippen LogP contribution in [-0.2, 0) is 11.3 Å². The van der Waals surface area contributed by atoms with E-state index >= 15 is 0 Å². The lowest BCUT2D eigenvalue weighted by molar-refractivity contribution is -0.137. The van der Waals surface area contributed by atoms with Crippen LogP contribution in [0.4, 0.5) is 0 Å². The molecule has 100 valence electrons. The molecule has 0 fully saturated rings. The molecule has 0 radical (unpaired) electrons. The van der Waals surface area contributed by atoms with Crippen molar-refractivity contribution in [2.24, 2.45) is 0 Å². The van der Waals surface area contributed by atoms with E-state index in [4.69, 9.17) is 5.11 Å². The number of imidazole rings is 1. The van der Waals surface area contributed by atoms with E-state index in [2.05, 4.69) is 38.2 Å². The van der Waals surface area contributed by atoms with Gasteiger partial charge in [0.2, 0.25) is 0 Å². The molecular weight excluding hydrogens is 355 g/mol. The summed E-state index contributed by atoms with van der Waals surface area (Å²) in [5.74, 6) is 0.206. The Morgan fingerprint density at radius 1 is 1.37 bits per heavy atom. The van der Waals surface area contributed by atoms with Gasteiger partial charge in [0.05, 0.1) is 0 Å². The summed E-state index contributed by atoms with van der Waals surface area (Å²) in [5.41, 5.74) is 1.09. The number of nitrogens with zero attached hydrogens (tertiary/aromatic N) is 2. The highest BCUT2D eigenvalue weighted by atomic mass is 127. The van der Waals surface area contributed by atoms with Gasteiger partial charge in [-0.1, -0.05) is 12.1 Å². The molecule has 4 nitrogen and oxygen atoms in total. The fraction of sp³-hybridized carbons (Fsp3) is 0.286. The van der Waals surface area contributed by atoms with Crippen LogP contribution in [0.5, 0.6) is 0 Å². The number of carboxylic acids is 1. The van der Waals surface area contributed by atoms with Crippen LogP contribution in [-0.4, -0.2) is 20.6 Å². The zero-order valence-electron chi connectivity index (χ0n) is 10.4. The summed E-state index contributed by atoms with van der Waals surface area (Å²) in [6, 6.07) is 8.19. The number of benzene rings is 1. The highest BCUT2D eigenvalue weighted by Gasteiger charge is 2.06. The molecule has 0 aliphatic rings. The van der Waals surface area contributed by atoms with Gasteiger partial charge >= 0.3 is 5.97 Å². The number of hydrogen-bond acceptors (Lipinski definition) is 2. The number of carboxylic acid groups (broad SMARTS) is 1. The molecule has 2 aromatic rings. The summed E-state index contributed by atoms with van der Waals surface area (Å²) < 4.78 is 3.25. The van der Waals surface area contributed by atoms with Crippen LogP contribution in [0, 0.1) is 3.57 Å². The first-order valence-corrected chi connectivity index (χ1v) is 7.23. The van der Waals surface area contributed by atoms with Gasteiger partial charge in [-0.25, -0.2) is 4.98 Å². The maximum Gasteiger partial charge on any atom is 0.303 e. The topological polar surface area (TPSA) is 55.1 Å². The van der Waals surface area contributed by atoms with Crippen molar-refractivity contribution < 1.29 is 9.90 Å².